The van der Waals surface area contributed by atoms with Crippen LogP contribution in [0.25, 0.3) is 0 Å². The fraction of sp³-hybridized carbons (Fsp3) is 0.364. The molecule has 2 aromatic carbocycles. The van der Waals surface area contributed by atoms with E-state index in [-0.39, 0.29) is 0 Å². The van der Waals surface area contributed by atoms with E-state index in [1.807, 2.05) is 0 Å². The minimum absolute atomic E-state index is 0.550. The first-order chi connectivity index (χ1) is 13.7. The first kappa shape index (κ1) is 19.0. The number of oxime groups is 1. The molecule has 0 saturated carbocycles. The maximum atomic E-state index is 12.0. The Labute approximate surface area is 170 Å². The molecule has 0 aliphatic carbocycles. The first-order valence-corrected chi connectivity index (χ1v) is 10.2. The van der Waals surface area contributed by atoms with E-state index >= 15 is 0 Å². The van der Waals surface area contributed by atoms with Crippen LogP contribution < -0.4 is 10.2 Å². The van der Waals surface area contributed by atoms with Crippen LogP contribution in [0, 0.1) is 0 Å². The molecule has 28 heavy (non-hydrogen) atoms. The number of carbonyl (C=O) groups excluding carboxylic acids is 1. The predicted molar refractivity (Wildman–Crippen MR) is 111 cm³/mol. The molecule has 6 heteroatoms. The van der Waals surface area contributed by atoms with Gasteiger partial charge in [0.25, 0.3) is 0 Å². The molecule has 0 spiro atoms. The van der Waals surface area contributed by atoms with E-state index in [2.05, 4.69) is 40.8 Å². The van der Waals surface area contributed by atoms with Gasteiger partial charge in [-0.25, -0.2) is 4.79 Å². The first-order valence-electron chi connectivity index (χ1n) is 9.86. The quantitative estimate of drug-likeness (QED) is 0.603. The number of piperidine rings is 2. The predicted octanol–water partition coefficient (Wildman–Crippen LogP) is 4.04. The number of carbonyl (C=O) groups is 1. The number of amides is 1. The smallest absolute Gasteiger partial charge is 0.326 e. The minimum Gasteiger partial charge on any atom is -0.326 e. The Morgan fingerprint density at radius 3 is 2.43 bits per heavy atom. The zero-order chi connectivity index (χ0) is 19.3. The van der Waals surface area contributed by atoms with E-state index in [9.17, 15) is 4.79 Å². The molecular weight excluding hydrogens is 374 g/mol. The molecule has 4 rings (SSSR count). The SMILES string of the molecule is O=C(Nc1ccc(Cl)cc1)ON=C1C[C@H]2CCC[C@@H](C1)[NH+]2Cc1ccccc1. The second-order valence-corrected chi connectivity index (χ2v) is 8.07. The van der Waals surface area contributed by atoms with Gasteiger partial charge in [0.05, 0.1) is 17.8 Å². The molecule has 2 bridgehead atoms. The molecule has 2 fully saturated rings. The standard InChI is InChI=1S/C22H24ClN3O2/c23-17-9-11-18(12-10-17)24-22(27)28-25-19-13-20-7-4-8-21(14-19)26(20)15-16-5-2-1-3-6-16/h1-3,5-6,9-12,20-21H,4,7-8,13-15H2,(H,24,27)/p+1/t20-,21+. The number of fused-ring (bicyclic) bond motifs is 2. The normalized spacial score (nSPS) is 25.3. The van der Waals surface area contributed by atoms with Gasteiger partial charge in [0.1, 0.15) is 6.54 Å². The van der Waals surface area contributed by atoms with Crippen LogP contribution in [0.1, 0.15) is 37.7 Å². The molecule has 146 valence electrons. The molecule has 0 aromatic heterocycles. The van der Waals surface area contributed by atoms with Crippen molar-refractivity contribution in [2.75, 3.05) is 5.32 Å². The largest absolute Gasteiger partial charge is 0.437 e. The maximum Gasteiger partial charge on any atom is 0.437 e. The Balaban J connectivity index is 1.35. The van der Waals surface area contributed by atoms with Crippen molar-refractivity contribution in [2.24, 2.45) is 5.16 Å². The summed E-state index contributed by atoms with van der Waals surface area (Å²) in [6, 6.07) is 18.7. The van der Waals surface area contributed by atoms with Gasteiger partial charge in [-0.05, 0) is 30.7 Å². The number of rotatable bonds is 4. The molecule has 2 heterocycles. The molecule has 3 atom stereocenters. The number of quaternary nitrogens is 1. The van der Waals surface area contributed by atoms with E-state index in [4.69, 9.17) is 16.4 Å². The van der Waals surface area contributed by atoms with Gasteiger partial charge in [-0.2, -0.15) is 0 Å². The summed E-state index contributed by atoms with van der Waals surface area (Å²) < 4.78 is 0. The second-order valence-electron chi connectivity index (χ2n) is 7.64. The highest BCUT2D eigenvalue weighted by Crippen LogP contribution is 2.21. The second kappa shape index (κ2) is 8.76. The number of hydrogen-bond acceptors (Lipinski definition) is 3. The number of benzene rings is 2. The van der Waals surface area contributed by atoms with Crippen LogP contribution in [0.15, 0.2) is 59.8 Å². The zero-order valence-corrected chi connectivity index (χ0v) is 16.5. The third kappa shape index (κ3) is 4.72. The van der Waals surface area contributed by atoms with Crippen LogP contribution in [0.3, 0.4) is 0 Å². The monoisotopic (exact) mass is 398 g/mol. The Morgan fingerprint density at radius 2 is 1.75 bits per heavy atom. The summed E-state index contributed by atoms with van der Waals surface area (Å²) in [6.45, 7) is 1.06. The van der Waals surface area contributed by atoms with Crippen molar-refractivity contribution in [1.82, 2.24) is 0 Å². The molecule has 2 N–H and O–H groups in total. The zero-order valence-electron chi connectivity index (χ0n) is 15.7. The highest BCUT2D eigenvalue weighted by atomic mass is 35.5. The van der Waals surface area contributed by atoms with Gasteiger partial charge in [-0.3, -0.25) is 10.2 Å². The molecule has 5 nitrogen and oxygen atoms in total. The van der Waals surface area contributed by atoms with Crippen molar-refractivity contribution in [3.05, 3.63) is 65.2 Å². The number of hydrogen-bond donors (Lipinski definition) is 2. The van der Waals surface area contributed by atoms with E-state index in [1.54, 1.807) is 29.2 Å². The third-order valence-electron chi connectivity index (χ3n) is 5.72. The lowest BCUT2D eigenvalue weighted by atomic mass is 9.83. The van der Waals surface area contributed by atoms with Gasteiger partial charge >= 0.3 is 6.09 Å². The van der Waals surface area contributed by atoms with Crippen molar-refractivity contribution in [2.45, 2.75) is 50.7 Å². The van der Waals surface area contributed by atoms with E-state index < -0.39 is 6.09 Å². The lowest BCUT2D eigenvalue weighted by Gasteiger charge is -2.43. The summed E-state index contributed by atoms with van der Waals surface area (Å²) in [4.78, 5) is 18.8. The molecule has 1 amide bonds. The highest BCUT2D eigenvalue weighted by Gasteiger charge is 2.40. The summed E-state index contributed by atoms with van der Waals surface area (Å²) >= 11 is 5.85. The minimum atomic E-state index is -0.570. The van der Waals surface area contributed by atoms with Gasteiger partial charge in [0.15, 0.2) is 0 Å². The number of nitrogens with zero attached hydrogens (tertiary/aromatic N) is 1. The van der Waals surface area contributed by atoms with Gasteiger partial charge in [0, 0.05) is 42.0 Å². The average molecular weight is 399 g/mol. The van der Waals surface area contributed by atoms with Crippen LogP contribution in [-0.2, 0) is 11.4 Å². The van der Waals surface area contributed by atoms with Crippen LogP contribution in [0.4, 0.5) is 10.5 Å². The lowest BCUT2D eigenvalue weighted by Crippen LogP contribution is -3.20. The molecule has 0 radical (unpaired) electrons. The van der Waals surface area contributed by atoms with E-state index in [0.29, 0.717) is 22.8 Å². The Kier molecular flexibility index (Phi) is 5.93. The van der Waals surface area contributed by atoms with Crippen LogP contribution >= 0.6 is 11.6 Å². The molecule has 2 aromatic rings. The molecule has 2 aliphatic heterocycles. The summed E-state index contributed by atoms with van der Waals surface area (Å²) in [5.74, 6) is 0. The van der Waals surface area contributed by atoms with Crippen molar-refractivity contribution in [1.29, 1.82) is 0 Å². The van der Waals surface area contributed by atoms with Crippen molar-refractivity contribution in [3.63, 3.8) is 0 Å². The lowest BCUT2D eigenvalue weighted by molar-refractivity contribution is -0.969. The van der Waals surface area contributed by atoms with Gasteiger partial charge in [-0.15, -0.1) is 0 Å². The summed E-state index contributed by atoms with van der Waals surface area (Å²) in [6.07, 6.45) is 4.90. The number of halogens is 1. The molecule has 2 aliphatic rings. The molecule has 1 unspecified atom stereocenters. The van der Waals surface area contributed by atoms with Gasteiger partial charge in [0.2, 0.25) is 0 Å². The number of anilines is 1. The Morgan fingerprint density at radius 1 is 1.07 bits per heavy atom. The molecule has 2 saturated heterocycles. The van der Waals surface area contributed by atoms with Crippen molar-refractivity contribution < 1.29 is 14.5 Å². The fourth-order valence-electron chi connectivity index (χ4n) is 4.41. The topological polar surface area (TPSA) is 55.1 Å². The fourth-order valence-corrected chi connectivity index (χ4v) is 4.53. The summed E-state index contributed by atoms with van der Waals surface area (Å²) in [5.41, 5.74) is 3.01. The van der Waals surface area contributed by atoms with Crippen molar-refractivity contribution >= 4 is 29.1 Å². The highest BCUT2D eigenvalue weighted by molar-refractivity contribution is 6.30. The summed E-state index contributed by atoms with van der Waals surface area (Å²) in [5, 5.41) is 7.48. The van der Waals surface area contributed by atoms with Gasteiger partial charge < -0.3 is 4.90 Å². The Hall–Kier alpha value is -2.37. The maximum absolute atomic E-state index is 12.0. The average Bonchev–Trinajstić information content (AvgIpc) is 2.69. The van der Waals surface area contributed by atoms with E-state index in [0.717, 1.165) is 25.1 Å². The van der Waals surface area contributed by atoms with E-state index in [1.165, 1.54) is 24.8 Å². The number of nitrogens with one attached hydrogen (secondary N) is 2. The Bertz CT molecular complexity index is 823. The van der Waals surface area contributed by atoms with Crippen LogP contribution in [0.2, 0.25) is 5.02 Å². The molecular formula is C22H25ClN3O2+. The third-order valence-corrected chi connectivity index (χ3v) is 5.97. The van der Waals surface area contributed by atoms with Crippen LogP contribution in [-0.4, -0.2) is 23.9 Å². The summed E-state index contributed by atoms with van der Waals surface area (Å²) in [7, 11) is 0. The van der Waals surface area contributed by atoms with Crippen molar-refractivity contribution in [3.8, 4) is 0 Å². The van der Waals surface area contributed by atoms with Gasteiger partial charge in [-0.1, -0.05) is 47.1 Å². The van der Waals surface area contributed by atoms with Crippen LogP contribution in [0.5, 0.6) is 0 Å².